The van der Waals surface area contributed by atoms with Gasteiger partial charge in [-0.2, -0.15) is 16.4 Å². The van der Waals surface area contributed by atoms with Crippen LogP contribution < -0.4 is 15.2 Å². The summed E-state index contributed by atoms with van der Waals surface area (Å²) in [5.41, 5.74) is 3.59. The Morgan fingerprint density at radius 1 is 1.23 bits per heavy atom. The molecule has 1 aromatic heterocycles. The van der Waals surface area contributed by atoms with Crippen molar-refractivity contribution in [2.75, 3.05) is 24.8 Å². The number of thiophene rings is 1. The molecule has 1 amide bonds. The van der Waals surface area contributed by atoms with Gasteiger partial charge in [-0.1, -0.05) is 35.7 Å². The van der Waals surface area contributed by atoms with Crippen LogP contribution in [0, 0.1) is 5.92 Å². The van der Waals surface area contributed by atoms with E-state index in [1.54, 1.807) is 29.3 Å². The first-order valence-corrected chi connectivity index (χ1v) is 11.3. The van der Waals surface area contributed by atoms with Crippen molar-refractivity contribution in [1.29, 1.82) is 0 Å². The largest absolute Gasteiger partial charge is 0.284 e. The standard InChI is InChI=1S/C20H20BCl2FN4OS/c21-17-7-6-16(30-17)19-13(11-24)18(20(29)26-27-8-2-1-3-9-27)25-28(19)15-5-4-12(22)10-14(15)23/h4-7,10,13,19H,1-3,8-9,11H2,(H,26,29). The number of hydrogen-bond acceptors (Lipinski definition) is 5. The van der Waals surface area contributed by atoms with Gasteiger partial charge in [0.25, 0.3) is 5.91 Å². The predicted molar refractivity (Wildman–Crippen MR) is 122 cm³/mol. The number of benzene rings is 1. The van der Waals surface area contributed by atoms with Crippen molar-refractivity contribution in [1.82, 2.24) is 10.4 Å². The maximum absolute atomic E-state index is 14.3. The van der Waals surface area contributed by atoms with E-state index in [1.807, 2.05) is 11.1 Å². The van der Waals surface area contributed by atoms with Gasteiger partial charge in [0.1, 0.15) is 20.2 Å². The number of halogens is 3. The Kier molecular flexibility index (Phi) is 6.67. The highest BCUT2D eigenvalue weighted by Crippen LogP contribution is 2.43. The van der Waals surface area contributed by atoms with Crippen LogP contribution in [0.15, 0.2) is 35.4 Å². The summed E-state index contributed by atoms with van der Waals surface area (Å²) in [6, 6.07) is 8.09. The second kappa shape index (κ2) is 9.26. The van der Waals surface area contributed by atoms with Gasteiger partial charge < -0.3 is 0 Å². The number of amides is 1. The van der Waals surface area contributed by atoms with Crippen molar-refractivity contribution in [2.45, 2.75) is 25.3 Å². The SMILES string of the molecule is [B]c1ccc(C2C(CF)C(C(=O)NN3CCCCC3)=NN2c2ccc(Cl)cc2Cl)s1. The average molecular weight is 465 g/mol. The number of hydrazone groups is 1. The number of anilines is 1. The molecule has 10 heteroatoms. The van der Waals surface area contributed by atoms with E-state index in [0.717, 1.165) is 37.2 Å². The summed E-state index contributed by atoms with van der Waals surface area (Å²) in [5.74, 6) is -1.14. The number of carbonyl (C=O) groups is 1. The maximum atomic E-state index is 14.3. The molecular formula is C20H20BCl2FN4OS. The van der Waals surface area contributed by atoms with E-state index in [0.29, 0.717) is 20.5 Å². The van der Waals surface area contributed by atoms with Crippen LogP contribution in [0.4, 0.5) is 10.1 Å². The van der Waals surface area contributed by atoms with Crippen LogP contribution >= 0.6 is 34.5 Å². The van der Waals surface area contributed by atoms with Gasteiger partial charge in [-0.3, -0.25) is 19.6 Å². The summed E-state index contributed by atoms with van der Waals surface area (Å²) in [5, 5.41) is 8.88. The minimum absolute atomic E-state index is 0.145. The van der Waals surface area contributed by atoms with Crippen LogP contribution in [0.2, 0.25) is 10.0 Å². The molecule has 2 aliphatic heterocycles. The quantitative estimate of drug-likeness (QED) is 0.683. The molecule has 2 radical (unpaired) electrons. The first kappa shape index (κ1) is 21.6. The van der Waals surface area contributed by atoms with E-state index in [9.17, 15) is 9.18 Å². The van der Waals surface area contributed by atoms with Gasteiger partial charge in [-0.15, -0.1) is 0 Å². The molecule has 0 aliphatic carbocycles. The third-order valence-corrected chi connectivity index (χ3v) is 6.84. The van der Waals surface area contributed by atoms with Crippen molar-refractivity contribution in [3.63, 3.8) is 0 Å². The van der Waals surface area contributed by atoms with E-state index < -0.39 is 18.6 Å². The lowest BCUT2D eigenvalue weighted by molar-refractivity contribution is -0.120. The van der Waals surface area contributed by atoms with Gasteiger partial charge in [-0.25, -0.2) is 5.01 Å². The second-order valence-corrected chi connectivity index (χ2v) is 9.35. The van der Waals surface area contributed by atoms with E-state index in [4.69, 9.17) is 31.0 Å². The van der Waals surface area contributed by atoms with Gasteiger partial charge in [0.15, 0.2) is 0 Å². The smallest absolute Gasteiger partial charge is 0.282 e. The van der Waals surface area contributed by atoms with Crippen molar-refractivity contribution >= 4 is 64.5 Å². The van der Waals surface area contributed by atoms with Crippen LogP contribution in [0.5, 0.6) is 0 Å². The fourth-order valence-corrected chi connectivity index (χ4v) is 5.29. The van der Waals surface area contributed by atoms with Gasteiger partial charge in [-0.05, 0) is 41.9 Å². The summed E-state index contributed by atoms with van der Waals surface area (Å²) in [6.07, 6.45) is 3.18. The summed E-state index contributed by atoms with van der Waals surface area (Å²) in [4.78, 5) is 13.8. The third kappa shape index (κ3) is 4.37. The first-order valence-electron chi connectivity index (χ1n) is 9.78. The van der Waals surface area contributed by atoms with Crippen LogP contribution in [0.25, 0.3) is 0 Å². The predicted octanol–water partition coefficient (Wildman–Crippen LogP) is 3.87. The van der Waals surface area contributed by atoms with Crippen molar-refractivity contribution in [2.24, 2.45) is 11.0 Å². The number of alkyl halides is 1. The molecule has 1 saturated heterocycles. The van der Waals surface area contributed by atoms with Gasteiger partial charge in [0.05, 0.1) is 22.7 Å². The van der Waals surface area contributed by atoms with Crippen molar-refractivity contribution in [3.8, 4) is 0 Å². The minimum Gasteiger partial charge on any atom is -0.284 e. The number of piperidine rings is 1. The fourth-order valence-electron chi connectivity index (χ4n) is 3.87. The van der Waals surface area contributed by atoms with Gasteiger partial charge >= 0.3 is 0 Å². The molecule has 5 nitrogen and oxygen atoms in total. The molecule has 0 bridgehead atoms. The molecule has 3 heterocycles. The molecule has 0 saturated carbocycles. The Bertz CT molecular complexity index is 966. The summed E-state index contributed by atoms with van der Waals surface area (Å²) >= 11 is 13.8. The third-order valence-electron chi connectivity index (χ3n) is 5.32. The molecule has 2 aromatic rings. The number of rotatable bonds is 5. The average Bonchev–Trinajstić information content (AvgIpc) is 3.32. The molecule has 0 spiro atoms. The summed E-state index contributed by atoms with van der Waals surface area (Å²) in [6.45, 7) is 0.810. The van der Waals surface area contributed by atoms with Gasteiger partial charge in [0.2, 0.25) is 0 Å². The van der Waals surface area contributed by atoms with E-state index in [-0.39, 0.29) is 11.6 Å². The molecule has 156 valence electrons. The summed E-state index contributed by atoms with van der Waals surface area (Å²) < 4.78 is 14.9. The Morgan fingerprint density at radius 2 is 2.00 bits per heavy atom. The lowest BCUT2D eigenvalue weighted by Crippen LogP contribution is -2.48. The maximum Gasteiger partial charge on any atom is 0.282 e. The Labute approximate surface area is 190 Å². The highest BCUT2D eigenvalue weighted by molar-refractivity contribution is 7.20. The Balaban J connectivity index is 1.70. The lowest BCUT2D eigenvalue weighted by atomic mass is 9.94. The highest BCUT2D eigenvalue weighted by atomic mass is 35.5. The monoisotopic (exact) mass is 464 g/mol. The number of hydrogen-bond donors (Lipinski definition) is 1. The molecule has 1 fully saturated rings. The molecule has 30 heavy (non-hydrogen) atoms. The number of carbonyl (C=O) groups excluding carboxylic acids is 1. The van der Waals surface area contributed by atoms with Gasteiger partial charge in [0, 0.05) is 23.0 Å². The zero-order chi connectivity index (χ0) is 21.3. The lowest BCUT2D eigenvalue weighted by Gasteiger charge is -2.28. The summed E-state index contributed by atoms with van der Waals surface area (Å²) in [7, 11) is 5.92. The molecule has 2 unspecified atom stereocenters. The molecule has 2 aliphatic rings. The van der Waals surface area contributed by atoms with E-state index >= 15 is 0 Å². The zero-order valence-electron chi connectivity index (χ0n) is 16.2. The zero-order valence-corrected chi connectivity index (χ0v) is 18.5. The topological polar surface area (TPSA) is 47.9 Å². The van der Waals surface area contributed by atoms with Crippen LogP contribution in [-0.4, -0.2) is 44.2 Å². The highest BCUT2D eigenvalue weighted by Gasteiger charge is 2.43. The van der Waals surface area contributed by atoms with Crippen LogP contribution in [0.1, 0.15) is 30.2 Å². The van der Waals surface area contributed by atoms with E-state index in [1.165, 1.54) is 11.3 Å². The number of nitrogens with one attached hydrogen (secondary N) is 1. The molecule has 2 atom stereocenters. The first-order chi connectivity index (χ1) is 14.5. The number of nitrogens with zero attached hydrogens (tertiary/aromatic N) is 3. The van der Waals surface area contributed by atoms with Crippen LogP contribution in [0.3, 0.4) is 0 Å². The normalized spacial score (nSPS) is 22.2. The molecular weight excluding hydrogens is 445 g/mol. The molecule has 4 rings (SSSR count). The fraction of sp³-hybridized carbons (Fsp3) is 0.400. The van der Waals surface area contributed by atoms with Crippen molar-refractivity contribution < 1.29 is 9.18 Å². The van der Waals surface area contributed by atoms with Crippen molar-refractivity contribution in [3.05, 3.63) is 45.3 Å². The number of hydrazine groups is 1. The molecule has 1 aromatic carbocycles. The Morgan fingerprint density at radius 3 is 2.63 bits per heavy atom. The van der Waals surface area contributed by atoms with Crippen LogP contribution in [-0.2, 0) is 4.79 Å². The molecule has 1 N–H and O–H groups in total. The van der Waals surface area contributed by atoms with E-state index in [2.05, 4.69) is 10.5 Å². The second-order valence-electron chi connectivity index (χ2n) is 7.36. The minimum atomic E-state index is -0.750. The Hall–Kier alpha value is -1.61.